The second-order valence-corrected chi connectivity index (χ2v) is 3.85. The molecule has 0 saturated heterocycles. The van der Waals surface area contributed by atoms with E-state index in [4.69, 9.17) is 11.6 Å². The summed E-state index contributed by atoms with van der Waals surface area (Å²) in [6, 6.07) is 0. The molecule has 0 bridgehead atoms. The van der Waals surface area contributed by atoms with Crippen LogP contribution in [0.15, 0.2) is 0 Å². The molecule has 0 fully saturated rings. The minimum atomic E-state index is -0.331. The molecule has 0 aromatic carbocycles. The van der Waals surface area contributed by atoms with Crippen molar-refractivity contribution in [3.05, 3.63) is 21.5 Å². The van der Waals surface area contributed by atoms with Crippen LogP contribution in [0.3, 0.4) is 0 Å². The number of alkyl halides is 1. The number of nitrogens with zero attached hydrogens (tertiary/aromatic N) is 3. The second kappa shape index (κ2) is 5.84. The third-order valence-electron chi connectivity index (χ3n) is 2.46. The molecule has 1 aromatic rings. The molecule has 6 heteroatoms. The number of aromatic nitrogens is 2. The topological polar surface area (TPSA) is 61.0 Å². The van der Waals surface area contributed by atoms with Crippen LogP contribution in [0.5, 0.6) is 0 Å². The molecule has 1 rings (SSSR count). The van der Waals surface area contributed by atoms with Crippen LogP contribution in [-0.2, 0) is 19.4 Å². The monoisotopic (exact) mass is 245 g/mol. The fourth-order valence-electron chi connectivity index (χ4n) is 1.74. The molecule has 0 aliphatic rings. The Kier molecular flexibility index (Phi) is 4.73. The molecule has 0 aliphatic heterocycles. The zero-order valence-electron chi connectivity index (χ0n) is 9.57. The highest BCUT2D eigenvalue weighted by atomic mass is 35.5. The summed E-state index contributed by atoms with van der Waals surface area (Å²) in [6.45, 7) is 4.43. The van der Waals surface area contributed by atoms with E-state index < -0.39 is 0 Å². The number of aryl methyl sites for hydroxylation is 2. The molecule has 90 valence electrons. The molecule has 1 aromatic heterocycles. The Balaban J connectivity index is 3.13. The molecule has 0 unspecified atom stereocenters. The highest BCUT2D eigenvalue weighted by Gasteiger charge is 2.24. The first-order chi connectivity index (χ1) is 7.65. The number of hydrogen-bond donors (Lipinski definition) is 0. The Morgan fingerprint density at radius 3 is 2.56 bits per heavy atom. The number of rotatable bonds is 6. The molecule has 0 radical (unpaired) electrons. The van der Waals surface area contributed by atoms with Crippen LogP contribution in [0.1, 0.15) is 31.7 Å². The first kappa shape index (κ1) is 13.0. The minimum absolute atomic E-state index is 0.180. The van der Waals surface area contributed by atoms with E-state index in [0.29, 0.717) is 36.7 Å². The van der Waals surface area contributed by atoms with Crippen molar-refractivity contribution in [2.24, 2.45) is 0 Å². The van der Waals surface area contributed by atoms with Gasteiger partial charge >= 0.3 is 5.69 Å². The molecule has 0 amide bonds. The molecule has 16 heavy (non-hydrogen) atoms. The van der Waals surface area contributed by atoms with Crippen LogP contribution < -0.4 is 0 Å². The predicted molar refractivity (Wildman–Crippen MR) is 63.0 cm³/mol. The summed E-state index contributed by atoms with van der Waals surface area (Å²) in [5.41, 5.74) is 1.45. The highest BCUT2D eigenvalue weighted by Crippen LogP contribution is 2.24. The van der Waals surface area contributed by atoms with Gasteiger partial charge in [0, 0.05) is 12.4 Å². The lowest BCUT2D eigenvalue weighted by Gasteiger charge is -2.02. The van der Waals surface area contributed by atoms with Gasteiger partial charge in [-0.1, -0.05) is 13.8 Å². The molecule has 0 N–H and O–H groups in total. The fourth-order valence-corrected chi connectivity index (χ4v) is 1.86. The normalized spacial score (nSPS) is 10.7. The van der Waals surface area contributed by atoms with E-state index in [1.54, 1.807) is 4.68 Å². The van der Waals surface area contributed by atoms with Crippen LogP contribution in [0.25, 0.3) is 0 Å². The van der Waals surface area contributed by atoms with E-state index in [1.807, 2.05) is 13.8 Å². The quantitative estimate of drug-likeness (QED) is 0.440. The van der Waals surface area contributed by atoms with Crippen LogP contribution >= 0.6 is 11.6 Å². The van der Waals surface area contributed by atoms with E-state index >= 15 is 0 Å². The Morgan fingerprint density at radius 1 is 1.44 bits per heavy atom. The summed E-state index contributed by atoms with van der Waals surface area (Å²) in [6.07, 6.45) is 1.97. The van der Waals surface area contributed by atoms with Crippen molar-refractivity contribution in [3.63, 3.8) is 0 Å². The van der Waals surface area contributed by atoms with Gasteiger partial charge in [-0.25, -0.2) is 0 Å². The van der Waals surface area contributed by atoms with E-state index in [2.05, 4.69) is 5.10 Å². The fraction of sp³-hybridized carbons (Fsp3) is 0.700. The Bertz CT molecular complexity index is 376. The van der Waals surface area contributed by atoms with Crippen molar-refractivity contribution in [2.45, 2.75) is 39.7 Å². The van der Waals surface area contributed by atoms with Crippen LogP contribution in [0.4, 0.5) is 5.69 Å². The standard InChI is InChI=1S/C10H16ClN3O2/c1-3-8-10(14(15)16)9(4-2)13(12-8)7-5-6-11/h3-7H2,1-2H3. The Labute approximate surface area is 99.5 Å². The van der Waals surface area contributed by atoms with Crippen molar-refractivity contribution in [3.8, 4) is 0 Å². The maximum Gasteiger partial charge on any atom is 0.313 e. The number of hydrogen-bond acceptors (Lipinski definition) is 3. The largest absolute Gasteiger partial charge is 0.313 e. The lowest BCUT2D eigenvalue weighted by Crippen LogP contribution is -2.06. The zero-order valence-corrected chi connectivity index (χ0v) is 10.3. The smallest absolute Gasteiger partial charge is 0.262 e. The lowest BCUT2D eigenvalue weighted by molar-refractivity contribution is -0.386. The van der Waals surface area contributed by atoms with Gasteiger partial charge < -0.3 is 0 Å². The van der Waals surface area contributed by atoms with Crippen molar-refractivity contribution in [2.75, 3.05) is 5.88 Å². The summed E-state index contributed by atoms with van der Waals surface area (Å²) in [7, 11) is 0. The summed E-state index contributed by atoms with van der Waals surface area (Å²) >= 11 is 5.61. The lowest BCUT2D eigenvalue weighted by atomic mass is 10.2. The minimum Gasteiger partial charge on any atom is -0.262 e. The first-order valence-electron chi connectivity index (χ1n) is 5.44. The van der Waals surface area contributed by atoms with Gasteiger partial charge in [0.1, 0.15) is 11.4 Å². The van der Waals surface area contributed by atoms with Gasteiger partial charge in [-0.05, 0) is 19.3 Å². The van der Waals surface area contributed by atoms with E-state index in [1.165, 1.54) is 0 Å². The third-order valence-corrected chi connectivity index (χ3v) is 2.72. The Hall–Kier alpha value is -1.10. The molecule has 0 aliphatic carbocycles. The average molecular weight is 246 g/mol. The SMILES string of the molecule is CCc1nn(CCCCl)c(CC)c1[N+](=O)[O-]. The van der Waals surface area contributed by atoms with Crippen LogP contribution in [-0.4, -0.2) is 20.6 Å². The molecule has 0 atom stereocenters. The van der Waals surface area contributed by atoms with Crippen molar-refractivity contribution < 1.29 is 4.92 Å². The molecular weight excluding hydrogens is 230 g/mol. The summed E-state index contributed by atoms with van der Waals surface area (Å²) in [5, 5.41) is 15.2. The van der Waals surface area contributed by atoms with Crippen molar-refractivity contribution >= 4 is 17.3 Å². The summed E-state index contributed by atoms with van der Waals surface area (Å²) < 4.78 is 1.72. The van der Waals surface area contributed by atoms with E-state index in [9.17, 15) is 10.1 Å². The average Bonchev–Trinajstić information content (AvgIpc) is 2.63. The van der Waals surface area contributed by atoms with E-state index in [-0.39, 0.29) is 10.6 Å². The predicted octanol–water partition coefficient (Wildman–Crippen LogP) is 2.55. The molecule has 5 nitrogen and oxygen atoms in total. The number of halogens is 1. The number of nitro groups is 1. The maximum absolute atomic E-state index is 11.0. The first-order valence-corrected chi connectivity index (χ1v) is 5.98. The zero-order chi connectivity index (χ0) is 12.1. The summed E-state index contributed by atoms with van der Waals surface area (Å²) in [4.78, 5) is 10.6. The maximum atomic E-state index is 11.0. The Morgan fingerprint density at radius 2 is 2.12 bits per heavy atom. The van der Waals surface area contributed by atoms with Crippen molar-refractivity contribution in [1.29, 1.82) is 0 Å². The van der Waals surface area contributed by atoms with Gasteiger partial charge in [0.15, 0.2) is 0 Å². The highest BCUT2D eigenvalue weighted by molar-refractivity contribution is 6.17. The molecule has 0 spiro atoms. The van der Waals surface area contributed by atoms with Gasteiger partial charge in [-0.3, -0.25) is 14.8 Å². The van der Waals surface area contributed by atoms with Crippen molar-refractivity contribution in [1.82, 2.24) is 9.78 Å². The second-order valence-electron chi connectivity index (χ2n) is 3.47. The van der Waals surface area contributed by atoms with Gasteiger partial charge in [0.05, 0.1) is 4.92 Å². The van der Waals surface area contributed by atoms with Gasteiger partial charge in [0.2, 0.25) is 0 Å². The van der Waals surface area contributed by atoms with Gasteiger partial charge in [0.25, 0.3) is 0 Å². The van der Waals surface area contributed by atoms with Gasteiger partial charge in [-0.2, -0.15) is 5.10 Å². The molecule has 1 heterocycles. The molecule has 0 saturated carbocycles. The van der Waals surface area contributed by atoms with Crippen LogP contribution in [0, 0.1) is 10.1 Å². The third kappa shape index (κ3) is 2.52. The van der Waals surface area contributed by atoms with Crippen LogP contribution in [0.2, 0.25) is 0 Å². The summed E-state index contributed by atoms with van der Waals surface area (Å²) in [5.74, 6) is 0.540. The van der Waals surface area contributed by atoms with E-state index in [0.717, 1.165) is 6.42 Å². The molecular formula is C10H16ClN3O2. The van der Waals surface area contributed by atoms with Gasteiger partial charge in [-0.15, -0.1) is 11.6 Å².